The molecule has 2 aromatic carbocycles. The van der Waals surface area contributed by atoms with Crippen molar-refractivity contribution >= 4 is 39.8 Å². The second kappa shape index (κ2) is 7.82. The van der Waals surface area contributed by atoms with Gasteiger partial charge in [0.1, 0.15) is 12.4 Å². The number of nitrogens with zero attached hydrogens (tertiary/aromatic N) is 1. The van der Waals surface area contributed by atoms with Crippen molar-refractivity contribution in [3.8, 4) is 5.75 Å². The van der Waals surface area contributed by atoms with E-state index in [1.54, 1.807) is 18.2 Å². The molecule has 0 saturated heterocycles. The third kappa shape index (κ3) is 5.05. The predicted molar refractivity (Wildman–Crippen MR) is 90.2 cm³/mol. The van der Waals surface area contributed by atoms with Gasteiger partial charge in [-0.05, 0) is 35.9 Å². The van der Waals surface area contributed by atoms with E-state index in [9.17, 15) is 4.79 Å². The fraction of sp³-hybridized carbons (Fsp3) is 0.0667. The topological polar surface area (TPSA) is 76.7 Å². The van der Waals surface area contributed by atoms with Crippen LogP contribution in [0.25, 0.3) is 0 Å². The van der Waals surface area contributed by atoms with Crippen molar-refractivity contribution in [2.45, 2.75) is 6.61 Å². The molecule has 114 valence electrons. The highest BCUT2D eigenvalue weighted by Crippen LogP contribution is 2.23. The Kier molecular flexibility index (Phi) is 5.80. The van der Waals surface area contributed by atoms with Crippen molar-refractivity contribution in [3.05, 3.63) is 63.1 Å². The van der Waals surface area contributed by atoms with E-state index >= 15 is 0 Å². The first-order chi connectivity index (χ1) is 10.5. The van der Waals surface area contributed by atoms with E-state index in [0.717, 1.165) is 10.0 Å². The molecule has 0 heterocycles. The minimum Gasteiger partial charge on any atom is -0.488 e. The van der Waals surface area contributed by atoms with Crippen LogP contribution in [0.5, 0.6) is 5.75 Å². The number of amides is 2. The number of nitrogens with one attached hydrogen (secondary N) is 1. The van der Waals surface area contributed by atoms with Crippen molar-refractivity contribution < 1.29 is 9.53 Å². The Hall–Kier alpha value is -2.05. The molecule has 5 nitrogen and oxygen atoms in total. The van der Waals surface area contributed by atoms with Gasteiger partial charge in [0.2, 0.25) is 0 Å². The monoisotopic (exact) mass is 381 g/mol. The van der Waals surface area contributed by atoms with E-state index in [1.165, 1.54) is 6.21 Å². The van der Waals surface area contributed by atoms with Gasteiger partial charge in [0.05, 0.1) is 6.21 Å². The van der Waals surface area contributed by atoms with Gasteiger partial charge in [-0.1, -0.05) is 39.7 Å². The fourth-order valence-corrected chi connectivity index (χ4v) is 2.33. The molecule has 0 radical (unpaired) electrons. The van der Waals surface area contributed by atoms with E-state index in [0.29, 0.717) is 22.9 Å². The van der Waals surface area contributed by atoms with Gasteiger partial charge in [-0.3, -0.25) is 0 Å². The molecule has 0 bridgehead atoms. The summed E-state index contributed by atoms with van der Waals surface area (Å²) in [7, 11) is 0. The predicted octanol–water partition coefficient (Wildman–Crippen LogP) is 3.68. The molecule has 0 saturated carbocycles. The minimum atomic E-state index is -0.741. The summed E-state index contributed by atoms with van der Waals surface area (Å²) in [6.45, 7) is 0.394. The van der Waals surface area contributed by atoms with Gasteiger partial charge in [-0.2, -0.15) is 5.10 Å². The van der Waals surface area contributed by atoms with Crippen LogP contribution in [0.3, 0.4) is 0 Å². The number of benzene rings is 2. The molecule has 0 aromatic heterocycles. The van der Waals surface area contributed by atoms with Gasteiger partial charge in [0.25, 0.3) is 0 Å². The Balaban J connectivity index is 2.12. The number of carbonyl (C=O) groups excluding carboxylic acids is 1. The Morgan fingerprint density at radius 3 is 2.91 bits per heavy atom. The second-order valence-electron chi connectivity index (χ2n) is 4.33. The maximum Gasteiger partial charge on any atom is 0.332 e. The standard InChI is InChI=1S/C15H13BrClN3O2/c16-12-3-1-2-10(6-12)9-22-14-5-4-13(17)7-11(14)8-19-20-15(18)21/h1-8H,9H2,(H3,18,20,21). The van der Waals surface area contributed by atoms with Gasteiger partial charge in [0.15, 0.2) is 0 Å². The number of primary amides is 1. The van der Waals surface area contributed by atoms with Gasteiger partial charge in [-0.25, -0.2) is 10.2 Å². The van der Waals surface area contributed by atoms with E-state index in [1.807, 2.05) is 24.3 Å². The van der Waals surface area contributed by atoms with Crippen molar-refractivity contribution in [2.24, 2.45) is 10.8 Å². The Labute approximate surface area is 141 Å². The molecule has 0 aliphatic carbocycles. The lowest BCUT2D eigenvalue weighted by Crippen LogP contribution is -2.24. The molecule has 0 atom stereocenters. The molecule has 3 N–H and O–H groups in total. The lowest BCUT2D eigenvalue weighted by atomic mass is 10.2. The summed E-state index contributed by atoms with van der Waals surface area (Å²) < 4.78 is 6.76. The summed E-state index contributed by atoms with van der Waals surface area (Å²) in [5.41, 5.74) is 8.72. The summed E-state index contributed by atoms with van der Waals surface area (Å²) in [6.07, 6.45) is 1.42. The number of rotatable bonds is 5. The molecule has 0 aliphatic heterocycles. The van der Waals surface area contributed by atoms with Crippen LogP contribution in [0.4, 0.5) is 4.79 Å². The van der Waals surface area contributed by atoms with Gasteiger partial charge >= 0.3 is 6.03 Å². The molecule has 2 rings (SSSR count). The van der Waals surface area contributed by atoms with Crippen LogP contribution in [0, 0.1) is 0 Å². The van der Waals surface area contributed by atoms with Crippen LogP contribution >= 0.6 is 27.5 Å². The summed E-state index contributed by atoms with van der Waals surface area (Å²) in [4.78, 5) is 10.6. The van der Waals surface area contributed by atoms with Crippen LogP contribution < -0.4 is 15.9 Å². The summed E-state index contributed by atoms with van der Waals surface area (Å²) >= 11 is 9.37. The normalized spacial score (nSPS) is 10.6. The SMILES string of the molecule is NC(=O)NN=Cc1cc(Cl)ccc1OCc1cccc(Br)c1. The zero-order valence-electron chi connectivity index (χ0n) is 11.4. The van der Waals surface area contributed by atoms with Crippen molar-refractivity contribution in [1.82, 2.24) is 5.43 Å². The van der Waals surface area contributed by atoms with E-state index < -0.39 is 6.03 Å². The second-order valence-corrected chi connectivity index (χ2v) is 5.69. The van der Waals surface area contributed by atoms with Crippen molar-refractivity contribution in [1.29, 1.82) is 0 Å². The Morgan fingerprint density at radius 2 is 2.18 bits per heavy atom. The quantitative estimate of drug-likeness (QED) is 0.611. The van der Waals surface area contributed by atoms with Crippen LogP contribution in [0.2, 0.25) is 5.02 Å². The Bertz CT molecular complexity index is 707. The highest BCUT2D eigenvalue weighted by atomic mass is 79.9. The average molecular weight is 383 g/mol. The molecule has 0 unspecified atom stereocenters. The van der Waals surface area contributed by atoms with E-state index in [2.05, 4.69) is 26.5 Å². The fourth-order valence-electron chi connectivity index (χ4n) is 1.70. The maximum atomic E-state index is 10.6. The lowest BCUT2D eigenvalue weighted by Gasteiger charge is -2.10. The molecule has 0 fully saturated rings. The molecule has 7 heteroatoms. The van der Waals surface area contributed by atoms with Crippen LogP contribution in [0.15, 0.2) is 52.0 Å². The summed E-state index contributed by atoms with van der Waals surface area (Å²) in [5.74, 6) is 0.597. The smallest absolute Gasteiger partial charge is 0.332 e. The molecule has 0 spiro atoms. The molecule has 2 amide bonds. The van der Waals surface area contributed by atoms with Crippen LogP contribution in [0.1, 0.15) is 11.1 Å². The van der Waals surface area contributed by atoms with E-state index in [-0.39, 0.29) is 0 Å². The first-order valence-corrected chi connectivity index (χ1v) is 7.47. The highest BCUT2D eigenvalue weighted by molar-refractivity contribution is 9.10. The van der Waals surface area contributed by atoms with Crippen LogP contribution in [-0.2, 0) is 6.61 Å². The Morgan fingerprint density at radius 1 is 1.36 bits per heavy atom. The first-order valence-electron chi connectivity index (χ1n) is 6.30. The van der Waals surface area contributed by atoms with Gasteiger partial charge in [0, 0.05) is 15.1 Å². The van der Waals surface area contributed by atoms with E-state index in [4.69, 9.17) is 22.1 Å². The third-order valence-corrected chi connectivity index (χ3v) is 3.36. The summed E-state index contributed by atoms with van der Waals surface area (Å²) in [6, 6.07) is 12.2. The number of urea groups is 1. The molecular formula is C15H13BrClN3O2. The van der Waals surface area contributed by atoms with Gasteiger partial charge in [-0.15, -0.1) is 0 Å². The number of halogens is 2. The number of hydrazone groups is 1. The molecule has 22 heavy (non-hydrogen) atoms. The first kappa shape index (κ1) is 16.3. The number of carbonyl (C=O) groups is 1. The number of hydrogen-bond donors (Lipinski definition) is 2. The molecule has 0 aliphatic rings. The minimum absolute atomic E-state index is 0.394. The van der Waals surface area contributed by atoms with Crippen molar-refractivity contribution in [3.63, 3.8) is 0 Å². The lowest BCUT2D eigenvalue weighted by molar-refractivity contribution is 0.249. The number of nitrogens with two attached hydrogens (primary N) is 1. The zero-order chi connectivity index (χ0) is 15.9. The number of hydrogen-bond acceptors (Lipinski definition) is 3. The highest BCUT2D eigenvalue weighted by Gasteiger charge is 2.04. The average Bonchev–Trinajstić information content (AvgIpc) is 2.46. The van der Waals surface area contributed by atoms with Crippen LogP contribution in [-0.4, -0.2) is 12.2 Å². The largest absolute Gasteiger partial charge is 0.488 e. The third-order valence-electron chi connectivity index (χ3n) is 2.63. The maximum absolute atomic E-state index is 10.6. The zero-order valence-corrected chi connectivity index (χ0v) is 13.8. The molecule has 2 aromatic rings. The molecular weight excluding hydrogens is 370 g/mol. The number of ether oxygens (including phenoxy) is 1. The van der Waals surface area contributed by atoms with Crippen molar-refractivity contribution in [2.75, 3.05) is 0 Å². The summed E-state index contributed by atoms with van der Waals surface area (Å²) in [5, 5.41) is 4.25. The van der Waals surface area contributed by atoms with Gasteiger partial charge < -0.3 is 10.5 Å².